The summed E-state index contributed by atoms with van der Waals surface area (Å²) in [6, 6.07) is 9.03. The van der Waals surface area contributed by atoms with Crippen molar-refractivity contribution in [3.8, 4) is 16.9 Å². The van der Waals surface area contributed by atoms with Crippen molar-refractivity contribution in [2.45, 2.75) is 33.6 Å². The highest BCUT2D eigenvalue weighted by atomic mass is 79.9. The number of hydrogen-bond acceptors (Lipinski definition) is 5. The van der Waals surface area contributed by atoms with Crippen LogP contribution in [0.25, 0.3) is 11.1 Å². The number of ether oxygens (including phenoxy) is 2. The van der Waals surface area contributed by atoms with Gasteiger partial charge in [0.05, 0.1) is 17.7 Å². The first-order chi connectivity index (χ1) is 16.2. The number of hydrogen-bond donors (Lipinski definition) is 1. The summed E-state index contributed by atoms with van der Waals surface area (Å²) in [7, 11) is 0. The van der Waals surface area contributed by atoms with Crippen molar-refractivity contribution in [1.82, 2.24) is 0 Å². The van der Waals surface area contributed by atoms with Crippen molar-refractivity contribution >= 4 is 67.3 Å². The van der Waals surface area contributed by atoms with Gasteiger partial charge in [0, 0.05) is 27.4 Å². The molecule has 1 amide bonds. The number of esters is 1. The molecule has 180 valence electrons. The minimum atomic E-state index is -0.481. The fourth-order valence-corrected chi connectivity index (χ4v) is 5.10. The quantitative estimate of drug-likeness (QED) is 0.204. The van der Waals surface area contributed by atoms with Crippen molar-refractivity contribution in [3.63, 3.8) is 0 Å². The summed E-state index contributed by atoms with van der Waals surface area (Å²) in [5, 5.41) is 6.45. The average molecular weight is 585 g/mol. The predicted octanol–water partition coefficient (Wildman–Crippen LogP) is 8.08. The summed E-state index contributed by atoms with van der Waals surface area (Å²) < 4.78 is 11.9. The predicted molar refractivity (Wildman–Crippen MR) is 143 cm³/mol. The summed E-state index contributed by atoms with van der Waals surface area (Å²) >= 11 is 17.0. The van der Waals surface area contributed by atoms with E-state index >= 15 is 0 Å². The molecular formula is C25H24BrCl2NO4S. The van der Waals surface area contributed by atoms with Gasteiger partial charge >= 0.3 is 5.97 Å². The smallest absolute Gasteiger partial charge is 0.341 e. The molecule has 0 bridgehead atoms. The van der Waals surface area contributed by atoms with Crippen LogP contribution in [0.5, 0.6) is 5.75 Å². The van der Waals surface area contributed by atoms with Gasteiger partial charge in [0.1, 0.15) is 16.3 Å². The largest absolute Gasteiger partial charge is 0.492 e. The van der Waals surface area contributed by atoms with Crippen molar-refractivity contribution in [1.29, 1.82) is 0 Å². The highest BCUT2D eigenvalue weighted by molar-refractivity contribution is 9.10. The Labute approximate surface area is 221 Å². The van der Waals surface area contributed by atoms with Crippen LogP contribution in [0.2, 0.25) is 10.0 Å². The number of aryl methyl sites for hydroxylation is 1. The lowest BCUT2D eigenvalue weighted by Gasteiger charge is -2.13. The van der Waals surface area contributed by atoms with Crippen LogP contribution in [-0.4, -0.2) is 25.1 Å². The van der Waals surface area contributed by atoms with E-state index in [1.54, 1.807) is 19.1 Å². The zero-order chi connectivity index (χ0) is 24.8. The van der Waals surface area contributed by atoms with E-state index in [0.717, 1.165) is 21.2 Å². The molecule has 0 radical (unpaired) electrons. The second-order valence-electron chi connectivity index (χ2n) is 7.53. The maximum Gasteiger partial charge on any atom is 0.341 e. The molecule has 1 N–H and O–H groups in total. The molecule has 3 aromatic rings. The van der Waals surface area contributed by atoms with Crippen LogP contribution >= 0.6 is 50.5 Å². The van der Waals surface area contributed by atoms with Crippen molar-refractivity contribution < 1.29 is 19.1 Å². The van der Waals surface area contributed by atoms with E-state index in [9.17, 15) is 9.59 Å². The molecule has 0 fully saturated rings. The minimum Gasteiger partial charge on any atom is -0.492 e. The standard InChI is InChI=1S/C25H24BrCl2NO4S/c1-4-32-25(31)21-18(16-7-9-17(27)10-8-16)13-34-24(21)29-20(30)6-5-11-33-19-12-14(2)23(28)15(3)22(19)26/h7-10,12-13H,4-6,11H2,1-3H3,(H,29,30). The highest BCUT2D eigenvalue weighted by Gasteiger charge is 2.23. The highest BCUT2D eigenvalue weighted by Crippen LogP contribution is 2.37. The van der Waals surface area contributed by atoms with E-state index in [1.807, 2.05) is 37.4 Å². The van der Waals surface area contributed by atoms with Crippen molar-refractivity contribution in [2.24, 2.45) is 0 Å². The van der Waals surface area contributed by atoms with Crippen LogP contribution in [0.3, 0.4) is 0 Å². The molecule has 9 heteroatoms. The Bertz CT molecular complexity index is 1190. The number of carbonyl (C=O) groups excluding carboxylic acids is 2. The Hall–Kier alpha value is -2.06. The van der Waals surface area contributed by atoms with E-state index in [4.69, 9.17) is 32.7 Å². The third-order valence-electron chi connectivity index (χ3n) is 5.05. The molecule has 3 rings (SSSR count). The molecule has 0 unspecified atom stereocenters. The summed E-state index contributed by atoms with van der Waals surface area (Å²) in [6.07, 6.45) is 0.739. The van der Waals surface area contributed by atoms with Crippen molar-refractivity contribution in [2.75, 3.05) is 18.5 Å². The Balaban J connectivity index is 1.65. The number of rotatable bonds is 9. The van der Waals surface area contributed by atoms with Gasteiger partial charge in [0.25, 0.3) is 0 Å². The Morgan fingerprint density at radius 2 is 1.85 bits per heavy atom. The normalized spacial score (nSPS) is 10.8. The van der Waals surface area contributed by atoms with Gasteiger partial charge in [-0.15, -0.1) is 11.3 Å². The third-order valence-corrected chi connectivity index (χ3v) is 7.77. The van der Waals surface area contributed by atoms with E-state index in [0.29, 0.717) is 45.0 Å². The molecule has 1 aromatic heterocycles. The fourth-order valence-electron chi connectivity index (χ4n) is 3.31. The molecule has 2 aromatic carbocycles. The molecule has 0 atom stereocenters. The van der Waals surface area contributed by atoms with E-state index in [-0.39, 0.29) is 18.9 Å². The zero-order valence-electron chi connectivity index (χ0n) is 19.0. The Kier molecular flexibility index (Phi) is 9.42. The molecule has 34 heavy (non-hydrogen) atoms. The van der Waals surface area contributed by atoms with Crippen LogP contribution < -0.4 is 10.1 Å². The molecule has 1 heterocycles. The summed E-state index contributed by atoms with van der Waals surface area (Å²) in [6.45, 7) is 6.17. The maximum atomic E-state index is 12.7. The van der Waals surface area contributed by atoms with Gasteiger partial charge in [-0.1, -0.05) is 35.3 Å². The average Bonchev–Trinajstić information content (AvgIpc) is 3.22. The molecule has 0 saturated heterocycles. The molecule has 0 aliphatic rings. The third kappa shape index (κ3) is 6.33. The number of anilines is 1. The number of amides is 1. The van der Waals surface area contributed by atoms with Crippen LogP contribution in [-0.2, 0) is 9.53 Å². The molecule has 0 saturated carbocycles. The molecular weight excluding hydrogens is 561 g/mol. The zero-order valence-corrected chi connectivity index (χ0v) is 22.9. The lowest BCUT2D eigenvalue weighted by molar-refractivity contribution is -0.116. The topological polar surface area (TPSA) is 64.6 Å². The molecule has 0 aliphatic heterocycles. The first-order valence-electron chi connectivity index (χ1n) is 10.6. The number of carbonyl (C=O) groups is 2. The maximum absolute atomic E-state index is 12.7. The minimum absolute atomic E-state index is 0.207. The van der Waals surface area contributed by atoms with Crippen molar-refractivity contribution in [3.05, 3.63) is 66.9 Å². The van der Waals surface area contributed by atoms with Gasteiger partial charge in [0.15, 0.2) is 0 Å². The summed E-state index contributed by atoms with van der Waals surface area (Å²) in [5.41, 5.74) is 3.69. The number of nitrogens with one attached hydrogen (secondary N) is 1. The lowest BCUT2D eigenvalue weighted by Crippen LogP contribution is -2.15. The molecule has 0 spiro atoms. The SMILES string of the molecule is CCOC(=O)c1c(-c2ccc(Cl)cc2)csc1NC(=O)CCCOc1cc(C)c(Cl)c(C)c1Br. The van der Waals surface area contributed by atoms with Crippen LogP contribution in [0.4, 0.5) is 5.00 Å². The first kappa shape index (κ1) is 26.5. The number of thiophene rings is 1. The second kappa shape index (κ2) is 12.1. The van der Waals surface area contributed by atoms with Gasteiger partial charge in [-0.05, 0) is 78.0 Å². The van der Waals surface area contributed by atoms with Gasteiger partial charge in [-0.2, -0.15) is 0 Å². The second-order valence-corrected chi connectivity index (χ2v) is 10.0. The monoisotopic (exact) mass is 583 g/mol. The fraction of sp³-hybridized carbons (Fsp3) is 0.280. The Morgan fingerprint density at radius 1 is 1.15 bits per heavy atom. The molecule has 5 nitrogen and oxygen atoms in total. The van der Waals surface area contributed by atoms with Crippen LogP contribution in [0.1, 0.15) is 41.3 Å². The van der Waals surface area contributed by atoms with Crippen LogP contribution in [0.15, 0.2) is 40.2 Å². The van der Waals surface area contributed by atoms with E-state index in [1.165, 1.54) is 11.3 Å². The Morgan fingerprint density at radius 3 is 2.53 bits per heavy atom. The lowest BCUT2D eigenvalue weighted by atomic mass is 10.0. The van der Waals surface area contributed by atoms with Crippen LogP contribution in [0, 0.1) is 13.8 Å². The van der Waals surface area contributed by atoms with Gasteiger partial charge < -0.3 is 14.8 Å². The van der Waals surface area contributed by atoms with Gasteiger partial charge in [-0.3, -0.25) is 4.79 Å². The van der Waals surface area contributed by atoms with E-state index in [2.05, 4.69) is 21.2 Å². The molecule has 0 aliphatic carbocycles. The summed E-state index contributed by atoms with van der Waals surface area (Å²) in [5.74, 6) is 0.00196. The van der Waals surface area contributed by atoms with Gasteiger partial charge in [0.2, 0.25) is 5.91 Å². The summed E-state index contributed by atoms with van der Waals surface area (Å²) in [4.78, 5) is 25.3. The number of benzene rings is 2. The van der Waals surface area contributed by atoms with E-state index < -0.39 is 5.97 Å². The number of halogens is 3. The van der Waals surface area contributed by atoms with Gasteiger partial charge in [-0.25, -0.2) is 4.79 Å². The first-order valence-corrected chi connectivity index (χ1v) is 13.1.